The second-order valence-corrected chi connectivity index (χ2v) is 7.97. The molecule has 33 heavy (non-hydrogen) atoms. The van der Waals surface area contributed by atoms with E-state index < -0.39 is 11.6 Å². The largest absolute Gasteiger partial charge is 0.462 e. The molecule has 0 aliphatic heterocycles. The molecule has 0 unspecified atom stereocenters. The molecule has 7 nitrogen and oxygen atoms in total. The number of carbonyl (C=O) groups is 2. The molecule has 4 rings (SSSR count). The Morgan fingerprint density at radius 3 is 2.45 bits per heavy atom. The summed E-state index contributed by atoms with van der Waals surface area (Å²) in [6.45, 7) is 7.76. The van der Waals surface area contributed by atoms with Crippen LogP contribution in [0.3, 0.4) is 0 Å². The average Bonchev–Trinajstić information content (AvgIpc) is 3.05. The van der Waals surface area contributed by atoms with Crippen LogP contribution in [0.1, 0.15) is 46.2 Å². The zero-order chi connectivity index (χ0) is 23.7. The topological polar surface area (TPSA) is 98.8 Å². The fourth-order valence-electron chi connectivity index (χ4n) is 3.91. The third-order valence-electron chi connectivity index (χ3n) is 5.84. The Kier molecular flexibility index (Phi) is 6.05. The summed E-state index contributed by atoms with van der Waals surface area (Å²) in [7, 11) is 0. The maximum atomic E-state index is 12.6. The first-order valence-electron chi connectivity index (χ1n) is 10.8. The molecule has 0 spiro atoms. The number of nitrogens with one attached hydrogen (secondary N) is 1. The molecule has 4 aromatic rings. The number of furan rings is 1. The Balaban J connectivity index is 1.54. The molecule has 0 radical (unpaired) electrons. The average molecular weight is 447 g/mol. The summed E-state index contributed by atoms with van der Waals surface area (Å²) in [5, 5.41) is 4.57. The second-order valence-electron chi connectivity index (χ2n) is 7.97. The van der Waals surface area contributed by atoms with Crippen molar-refractivity contribution in [2.45, 2.75) is 40.5 Å². The van der Waals surface area contributed by atoms with E-state index in [9.17, 15) is 14.4 Å². The minimum Gasteiger partial charge on any atom is -0.462 e. The first-order chi connectivity index (χ1) is 15.8. The van der Waals surface area contributed by atoms with Gasteiger partial charge in [0.05, 0.1) is 12.2 Å². The molecule has 0 aliphatic carbocycles. The predicted molar refractivity (Wildman–Crippen MR) is 126 cm³/mol. The van der Waals surface area contributed by atoms with E-state index in [0.717, 1.165) is 27.7 Å². The monoisotopic (exact) mass is 447 g/mol. The van der Waals surface area contributed by atoms with Crippen LogP contribution in [0.2, 0.25) is 0 Å². The summed E-state index contributed by atoms with van der Waals surface area (Å²) in [5.74, 6) is 0.103. The van der Waals surface area contributed by atoms with E-state index in [-0.39, 0.29) is 25.4 Å². The number of carbonyl (C=O) groups excluding carboxylic acids is 2. The van der Waals surface area contributed by atoms with Crippen molar-refractivity contribution in [2.75, 3.05) is 11.9 Å². The van der Waals surface area contributed by atoms with E-state index in [4.69, 9.17) is 13.6 Å². The van der Waals surface area contributed by atoms with Gasteiger partial charge in [0.1, 0.15) is 16.9 Å². The first kappa shape index (κ1) is 22.3. The Bertz CT molecular complexity index is 1440. The van der Waals surface area contributed by atoms with Crippen molar-refractivity contribution in [3.05, 3.63) is 74.8 Å². The summed E-state index contributed by atoms with van der Waals surface area (Å²) >= 11 is 0. The number of amides is 1. The van der Waals surface area contributed by atoms with Crippen LogP contribution in [0.4, 0.5) is 5.69 Å². The third kappa shape index (κ3) is 4.39. The van der Waals surface area contributed by atoms with Gasteiger partial charge in [-0.2, -0.15) is 0 Å². The number of aryl methyl sites for hydroxylation is 3. The molecule has 170 valence electrons. The van der Waals surface area contributed by atoms with Gasteiger partial charge in [0.2, 0.25) is 5.91 Å². The zero-order valence-corrected chi connectivity index (χ0v) is 19.0. The molecule has 2 aromatic carbocycles. The van der Waals surface area contributed by atoms with Crippen LogP contribution < -0.4 is 10.9 Å². The number of benzene rings is 2. The van der Waals surface area contributed by atoms with Gasteiger partial charge in [-0.1, -0.05) is 6.07 Å². The highest BCUT2D eigenvalue weighted by Gasteiger charge is 2.16. The summed E-state index contributed by atoms with van der Waals surface area (Å²) in [5.41, 5.74) is 3.83. The summed E-state index contributed by atoms with van der Waals surface area (Å²) < 4.78 is 16.3. The van der Waals surface area contributed by atoms with Crippen LogP contribution in [0, 0.1) is 20.8 Å². The highest BCUT2D eigenvalue weighted by atomic mass is 16.5. The quantitative estimate of drug-likeness (QED) is 0.322. The van der Waals surface area contributed by atoms with Gasteiger partial charge in [0.25, 0.3) is 0 Å². The number of hydrogen-bond acceptors (Lipinski definition) is 6. The number of hydrogen-bond donors (Lipinski definition) is 1. The van der Waals surface area contributed by atoms with E-state index in [1.165, 1.54) is 0 Å². The highest BCUT2D eigenvalue weighted by molar-refractivity contribution is 5.97. The van der Waals surface area contributed by atoms with E-state index in [1.54, 1.807) is 37.3 Å². The lowest BCUT2D eigenvalue weighted by Gasteiger charge is -2.09. The smallest absolute Gasteiger partial charge is 0.339 e. The molecular weight excluding hydrogens is 422 g/mol. The SMILES string of the molecule is CCOC(=O)c1cccc(NC(=O)CCc2c(C)c3cc4c(C)c(C)oc4cc3oc2=O)c1. The van der Waals surface area contributed by atoms with Gasteiger partial charge in [-0.05, 0) is 69.5 Å². The lowest BCUT2D eigenvalue weighted by atomic mass is 10.0. The number of esters is 1. The van der Waals surface area contributed by atoms with Crippen molar-refractivity contribution < 1.29 is 23.2 Å². The van der Waals surface area contributed by atoms with Crippen LogP contribution >= 0.6 is 0 Å². The van der Waals surface area contributed by atoms with E-state index in [0.29, 0.717) is 28.0 Å². The molecule has 2 heterocycles. The van der Waals surface area contributed by atoms with Crippen molar-refractivity contribution >= 4 is 39.5 Å². The van der Waals surface area contributed by atoms with Crippen molar-refractivity contribution in [3.63, 3.8) is 0 Å². The first-order valence-corrected chi connectivity index (χ1v) is 10.8. The number of fused-ring (bicyclic) bond motifs is 2. The molecular formula is C26H25NO6. The molecule has 0 saturated heterocycles. The highest BCUT2D eigenvalue weighted by Crippen LogP contribution is 2.31. The van der Waals surface area contributed by atoms with Gasteiger partial charge < -0.3 is 18.9 Å². The second kappa shape index (κ2) is 8.94. The Morgan fingerprint density at radius 1 is 0.970 bits per heavy atom. The summed E-state index contributed by atoms with van der Waals surface area (Å²) in [6.07, 6.45) is 0.321. The Labute approximate surface area is 190 Å². The van der Waals surface area contributed by atoms with Gasteiger partial charge in [0, 0.05) is 34.5 Å². The molecule has 1 amide bonds. The molecule has 1 N–H and O–H groups in total. The molecule has 0 atom stereocenters. The standard InChI is InChI=1S/C26H25NO6/c1-5-31-25(29)17-7-6-8-18(11-17)27-24(28)10-9-19-15(3)21-12-20-14(2)16(4)32-22(20)13-23(21)33-26(19)30/h6-8,11-13H,5,9-10H2,1-4H3,(H,27,28). The van der Waals surface area contributed by atoms with Crippen LogP contribution in [0.15, 0.2) is 50.0 Å². The fraction of sp³-hybridized carbons (Fsp3) is 0.269. The maximum absolute atomic E-state index is 12.6. The van der Waals surface area contributed by atoms with Gasteiger partial charge in [-0.3, -0.25) is 4.79 Å². The van der Waals surface area contributed by atoms with Gasteiger partial charge in [0.15, 0.2) is 0 Å². The lowest BCUT2D eigenvalue weighted by molar-refractivity contribution is -0.116. The van der Waals surface area contributed by atoms with Gasteiger partial charge in [-0.15, -0.1) is 0 Å². The van der Waals surface area contributed by atoms with Crippen LogP contribution in [-0.2, 0) is 16.0 Å². The minimum atomic E-state index is -0.462. The Morgan fingerprint density at radius 2 is 1.70 bits per heavy atom. The van der Waals surface area contributed by atoms with Gasteiger partial charge >= 0.3 is 11.6 Å². The summed E-state index contributed by atoms with van der Waals surface area (Å²) in [6, 6.07) is 10.3. The molecule has 0 bridgehead atoms. The molecule has 0 saturated carbocycles. The number of rotatable bonds is 6. The summed E-state index contributed by atoms with van der Waals surface area (Å²) in [4.78, 5) is 37.1. The third-order valence-corrected chi connectivity index (χ3v) is 5.84. The molecule has 2 aromatic heterocycles. The normalized spacial score (nSPS) is 11.2. The van der Waals surface area contributed by atoms with Crippen LogP contribution in [0.25, 0.3) is 21.9 Å². The molecule has 0 aliphatic rings. The van der Waals surface area contributed by atoms with Crippen molar-refractivity contribution in [2.24, 2.45) is 0 Å². The fourth-order valence-corrected chi connectivity index (χ4v) is 3.91. The zero-order valence-electron chi connectivity index (χ0n) is 19.0. The lowest BCUT2D eigenvalue weighted by Crippen LogP contribution is -2.17. The van der Waals surface area contributed by atoms with E-state index in [1.807, 2.05) is 26.8 Å². The van der Waals surface area contributed by atoms with Gasteiger partial charge in [-0.25, -0.2) is 9.59 Å². The van der Waals surface area contributed by atoms with Crippen molar-refractivity contribution in [1.29, 1.82) is 0 Å². The van der Waals surface area contributed by atoms with E-state index >= 15 is 0 Å². The molecule has 7 heteroatoms. The van der Waals surface area contributed by atoms with Crippen LogP contribution in [-0.4, -0.2) is 18.5 Å². The minimum absolute atomic E-state index is 0.0901. The number of ether oxygens (including phenoxy) is 1. The van der Waals surface area contributed by atoms with E-state index in [2.05, 4.69) is 5.32 Å². The predicted octanol–water partition coefficient (Wildman–Crippen LogP) is 5.21. The maximum Gasteiger partial charge on any atom is 0.339 e. The Hall–Kier alpha value is -3.87. The number of anilines is 1. The van der Waals surface area contributed by atoms with Crippen molar-refractivity contribution in [3.8, 4) is 0 Å². The molecule has 0 fully saturated rings. The van der Waals surface area contributed by atoms with Crippen molar-refractivity contribution in [1.82, 2.24) is 0 Å². The van der Waals surface area contributed by atoms with Crippen LogP contribution in [0.5, 0.6) is 0 Å².